The van der Waals surface area contributed by atoms with Crippen molar-refractivity contribution in [3.8, 4) is 0 Å². The molecule has 114 valence electrons. The largest absolute Gasteiger partial charge is 0.390 e. The van der Waals surface area contributed by atoms with Gasteiger partial charge >= 0.3 is 0 Å². The van der Waals surface area contributed by atoms with Crippen LogP contribution < -0.4 is 0 Å². The number of aliphatic hydroxyl groups is 1. The number of benzene rings is 1. The van der Waals surface area contributed by atoms with Gasteiger partial charge in [-0.1, -0.05) is 12.1 Å². The summed E-state index contributed by atoms with van der Waals surface area (Å²) in [7, 11) is 0. The molecule has 0 saturated heterocycles. The van der Waals surface area contributed by atoms with E-state index in [9.17, 15) is 14.7 Å². The smallest absolute Gasteiger partial charge is 0.261 e. The van der Waals surface area contributed by atoms with Gasteiger partial charge < -0.3 is 5.11 Å². The van der Waals surface area contributed by atoms with Crippen LogP contribution in [0.15, 0.2) is 24.3 Å². The number of hydrogen-bond acceptors (Lipinski definition) is 3. The minimum Gasteiger partial charge on any atom is -0.390 e. The quantitative estimate of drug-likeness (QED) is 0.809. The van der Waals surface area contributed by atoms with Crippen LogP contribution in [-0.4, -0.2) is 33.5 Å². The number of imide groups is 1. The van der Waals surface area contributed by atoms with E-state index in [1.807, 2.05) is 12.1 Å². The van der Waals surface area contributed by atoms with Crippen molar-refractivity contribution < 1.29 is 14.7 Å². The highest BCUT2D eigenvalue weighted by Gasteiger charge is 2.58. The summed E-state index contributed by atoms with van der Waals surface area (Å²) >= 11 is 0. The molecule has 0 radical (unpaired) electrons. The summed E-state index contributed by atoms with van der Waals surface area (Å²) in [6.07, 6.45) is 4.51. The highest BCUT2D eigenvalue weighted by molar-refractivity contribution is 6.21. The monoisotopic (exact) mass is 297 g/mol. The number of carbonyl (C=O) groups excluding carboxylic acids is 2. The maximum absolute atomic E-state index is 12.8. The highest BCUT2D eigenvalue weighted by atomic mass is 16.3. The molecule has 4 heteroatoms. The molecular formula is C18H19NO3. The maximum atomic E-state index is 12.8. The van der Waals surface area contributed by atoms with E-state index < -0.39 is 5.60 Å². The summed E-state index contributed by atoms with van der Waals surface area (Å²) < 4.78 is 0. The Balaban J connectivity index is 1.54. The lowest BCUT2D eigenvalue weighted by Gasteiger charge is -2.59. The van der Waals surface area contributed by atoms with Crippen molar-refractivity contribution in [3.63, 3.8) is 0 Å². The van der Waals surface area contributed by atoms with Crippen molar-refractivity contribution in [2.45, 2.75) is 43.7 Å². The van der Waals surface area contributed by atoms with Gasteiger partial charge in [0.25, 0.3) is 11.8 Å². The summed E-state index contributed by atoms with van der Waals surface area (Å²) in [5.74, 6) is 0.862. The first-order valence-corrected chi connectivity index (χ1v) is 8.25. The third-order valence-electron chi connectivity index (χ3n) is 6.31. The Hall–Kier alpha value is -1.68. The molecule has 4 bridgehead atoms. The molecule has 22 heavy (non-hydrogen) atoms. The minimum atomic E-state index is -0.536. The number of nitrogens with zero attached hydrogens (tertiary/aromatic N) is 1. The molecule has 6 rings (SSSR count). The lowest BCUT2D eigenvalue weighted by atomic mass is 9.52. The predicted octanol–water partition coefficient (Wildman–Crippen LogP) is 2.22. The van der Waals surface area contributed by atoms with Crippen LogP contribution in [0.25, 0.3) is 0 Å². The topological polar surface area (TPSA) is 57.6 Å². The third kappa shape index (κ3) is 1.51. The predicted molar refractivity (Wildman–Crippen MR) is 79.2 cm³/mol. The van der Waals surface area contributed by atoms with E-state index in [0.29, 0.717) is 17.0 Å². The summed E-state index contributed by atoms with van der Waals surface area (Å²) in [6, 6.07) is 7.11. The Morgan fingerprint density at radius 3 is 2.00 bits per heavy atom. The summed E-state index contributed by atoms with van der Waals surface area (Å²) in [5.41, 5.74) is 0.547. The average Bonchev–Trinajstić information content (AvgIpc) is 2.71. The average molecular weight is 297 g/mol. The van der Waals surface area contributed by atoms with Gasteiger partial charge in [0.1, 0.15) is 0 Å². The normalized spacial score (nSPS) is 42.1. The number of amides is 2. The molecule has 4 aliphatic carbocycles. The molecule has 1 aromatic carbocycles. The first-order valence-electron chi connectivity index (χ1n) is 8.25. The fourth-order valence-corrected chi connectivity index (χ4v) is 5.85. The van der Waals surface area contributed by atoms with E-state index >= 15 is 0 Å². The molecule has 2 unspecified atom stereocenters. The maximum Gasteiger partial charge on any atom is 0.261 e. The van der Waals surface area contributed by atoms with Crippen LogP contribution in [0.5, 0.6) is 0 Å². The van der Waals surface area contributed by atoms with Crippen LogP contribution in [0.2, 0.25) is 0 Å². The lowest BCUT2D eigenvalue weighted by Crippen LogP contribution is -2.62. The SMILES string of the molecule is O=C1c2ccccc2C(=O)N1[C@H]1C2CC3CC1C[C@](O)(C3)C2. The molecule has 2 amide bonds. The third-order valence-corrected chi connectivity index (χ3v) is 6.31. The molecule has 1 aliphatic heterocycles. The summed E-state index contributed by atoms with van der Waals surface area (Å²) in [5, 5.41) is 10.7. The molecule has 2 atom stereocenters. The van der Waals surface area contributed by atoms with Crippen molar-refractivity contribution in [2.24, 2.45) is 17.8 Å². The second-order valence-electron chi connectivity index (χ2n) is 7.71. The summed E-state index contributed by atoms with van der Waals surface area (Å²) in [4.78, 5) is 27.0. The van der Waals surface area contributed by atoms with Gasteiger partial charge in [0.05, 0.1) is 16.7 Å². The van der Waals surface area contributed by atoms with Crippen LogP contribution in [-0.2, 0) is 0 Å². The summed E-state index contributed by atoms with van der Waals surface area (Å²) in [6.45, 7) is 0. The van der Waals surface area contributed by atoms with Gasteiger partial charge in [-0.25, -0.2) is 0 Å². The molecule has 1 N–H and O–H groups in total. The first-order chi connectivity index (χ1) is 10.6. The van der Waals surface area contributed by atoms with Crippen molar-refractivity contribution in [1.29, 1.82) is 0 Å². The number of fused-ring (bicyclic) bond motifs is 1. The number of carbonyl (C=O) groups is 2. The van der Waals surface area contributed by atoms with Gasteiger partial charge in [-0.15, -0.1) is 0 Å². The van der Waals surface area contributed by atoms with E-state index in [1.165, 1.54) is 4.90 Å². The zero-order valence-electron chi connectivity index (χ0n) is 12.4. The lowest BCUT2D eigenvalue weighted by molar-refractivity contribution is -0.149. The molecule has 0 aromatic heterocycles. The zero-order chi connectivity index (χ0) is 15.1. The van der Waals surface area contributed by atoms with E-state index in [1.54, 1.807) is 12.1 Å². The Morgan fingerprint density at radius 2 is 1.50 bits per heavy atom. The van der Waals surface area contributed by atoms with Crippen molar-refractivity contribution in [3.05, 3.63) is 35.4 Å². The standard InChI is InChI=1S/C18H19NO3/c20-16-13-3-1-2-4-14(13)17(21)19(16)15-11-5-10-6-12(15)9-18(22,7-10)8-11/h1-4,10-12,15,22H,5-9H2/t10?,11?,12?,15-,18-. The Kier molecular flexibility index (Phi) is 2.32. The van der Waals surface area contributed by atoms with Crippen LogP contribution in [0, 0.1) is 17.8 Å². The van der Waals surface area contributed by atoms with Gasteiger partial charge in [0, 0.05) is 6.04 Å². The molecule has 1 heterocycles. The number of rotatable bonds is 1. The first kappa shape index (κ1) is 12.8. The van der Waals surface area contributed by atoms with Crippen molar-refractivity contribution in [2.75, 3.05) is 0 Å². The van der Waals surface area contributed by atoms with Crippen LogP contribution in [0.1, 0.15) is 52.8 Å². The fraction of sp³-hybridized carbons (Fsp3) is 0.556. The molecule has 4 nitrogen and oxygen atoms in total. The van der Waals surface area contributed by atoms with Gasteiger partial charge in [0.2, 0.25) is 0 Å². The molecule has 4 fully saturated rings. The van der Waals surface area contributed by atoms with Crippen LogP contribution in [0.3, 0.4) is 0 Å². The van der Waals surface area contributed by atoms with Crippen molar-refractivity contribution >= 4 is 11.8 Å². The van der Waals surface area contributed by atoms with E-state index in [0.717, 1.165) is 32.1 Å². The van der Waals surface area contributed by atoms with Gasteiger partial charge in [0.15, 0.2) is 0 Å². The van der Waals surface area contributed by atoms with Gasteiger partial charge in [-0.2, -0.15) is 0 Å². The van der Waals surface area contributed by atoms with Crippen LogP contribution >= 0.6 is 0 Å². The highest BCUT2D eigenvalue weighted by Crippen LogP contribution is 2.57. The molecular weight excluding hydrogens is 278 g/mol. The van der Waals surface area contributed by atoms with Crippen molar-refractivity contribution in [1.82, 2.24) is 4.90 Å². The number of hydrogen-bond donors (Lipinski definition) is 1. The molecule has 5 aliphatic rings. The van der Waals surface area contributed by atoms with E-state index in [-0.39, 0.29) is 29.7 Å². The molecule has 4 saturated carbocycles. The fourth-order valence-electron chi connectivity index (χ4n) is 5.85. The Labute approximate surface area is 129 Å². The molecule has 0 spiro atoms. The van der Waals surface area contributed by atoms with Gasteiger partial charge in [-0.3, -0.25) is 14.5 Å². The Bertz CT molecular complexity index is 646. The minimum absolute atomic E-state index is 0.00998. The zero-order valence-corrected chi connectivity index (χ0v) is 12.4. The van der Waals surface area contributed by atoms with Crippen LogP contribution in [0.4, 0.5) is 0 Å². The second-order valence-corrected chi connectivity index (χ2v) is 7.71. The molecule has 1 aromatic rings. The Morgan fingerprint density at radius 1 is 0.955 bits per heavy atom. The van der Waals surface area contributed by atoms with E-state index in [4.69, 9.17) is 0 Å². The van der Waals surface area contributed by atoms with Gasteiger partial charge in [-0.05, 0) is 62.0 Å². The second kappa shape index (κ2) is 3.99. The van der Waals surface area contributed by atoms with E-state index in [2.05, 4.69) is 0 Å².